The van der Waals surface area contributed by atoms with Crippen LogP contribution in [-0.4, -0.2) is 16.1 Å². The zero-order chi connectivity index (χ0) is 13.2. The van der Waals surface area contributed by atoms with Gasteiger partial charge in [-0.1, -0.05) is 30.3 Å². The first-order chi connectivity index (χ1) is 9.29. The number of amides is 1. The molecule has 96 valence electrons. The molecule has 0 bridgehead atoms. The van der Waals surface area contributed by atoms with Crippen LogP contribution in [0.2, 0.25) is 0 Å². The van der Waals surface area contributed by atoms with Crippen molar-refractivity contribution in [2.24, 2.45) is 5.84 Å². The molecule has 4 N–H and O–H groups in total. The molecule has 19 heavy (non-hydrogen) atoms. The number of carbonyl (C=O) groups is 1. The van der Waals surface area contributed by atoms with Gasteiger partial charge in [-0.3, -0.25) is 15.3 Å². The van der Waals surface area contributed by atoms with Gasteiger partial charge in [0, 0.05) is 5.56 Å². The number of nitrogen functional groups attached to an aromatic ring is 1. The molecule has 0 unspecified atom stereocenters. The average molecular weight is 254 g/mol. The van der Waals surface area contributed by atoms with Gasteiger partial charge in [0.15, 0.2) is 0 Å². The van der Waals surface area contributed by atoms with Crippen LogP contribution in [0.1, 0.15) is 33.7 Å². The first kappa shape index (κ1) is 11.7. The van der Waals surface area contributed by atoms with Crippen molar-refractivity contribution in [3.05, 3.63) is 52.8 Å². The number of carbonyl (C=O) groups excluding carboxylic acids is 1. The highest BCUT2D eigenvalue weighted by Gasteiger charge is 2.25. The van der Waals surface area contributed by atoms with Crippen LogP contribution in [0.15, 0.2) is 30.3 Å². The molecule has 0 fully saturated rings. The van der Waals surface area contributed by atoms with Crippen LogP contribution >= 0.6 is 0 Å². The molecular weight excluding hydrogens is 240 g/mol. The van der Waals surface area contributed by atoms with Gasteiger partial charge in [0.1, 0.15) is 5.69 Å². The molecule has 3 rings (SSSR count). The van der Waals surface area contributed by atoms with E-state index in [1.807, 2.05) is 30.3 Å². The first-order valence-electron chi connectivity index (χ1n) is 6.14. The Morgan fingerprint density at radius 1 is 1.32 bits per heavy atom. The van der Waals surface area contributed by atoms with E-state index in [1.165, 1.54) is 0 Å². The number of fused-ring (bicyclic) bond motifs is 1. The minimum atomic E-state index is -0.324. The number of nitrogens with one attached hydrogen (secondary N) is 2. The van der Waals surface area contributed by atoms with E-state index in [1.54, 1.807) is 0 Å². The molecule has 1 aliphatic rings. The summed E-state index contributed by atoms with van der Waals surface area (Å²) < 4.78 is 0. The van der Waals surface area contributed by atoms with E-state index in [0.717, 1.165) is 35.2 Å². The van der Waals surface area contributed by atoms with E-state index in [2.05, 4.69) is 21.7 Å². The van der Waals surface area contributed by atoms with Crippen LogP contribution in [0.5, 0.6) is 0 Å². The molecule has 5 heteroatoms. The van der Waals surface area contributed by atoms with Crippen molar-refractivity contribution in [2.45, 2.75) is 12.8 Å². The molecule has 1 aliphatic carbocycles. The van der Waals surface area contributed by atoms with Crippen molar-refractivity contribution < 1.29 is 4.79 Å². The van der Waals surface area contributed by atoms with Gasteiger partial charge >= 0.3 is 0 Å². The van der Waals surface area contributed by atoms with Gasteiger partial charge in [-0.25, -0.2) is 5.84 Å². The second-order valence-corrected chi connectivity index (χ2v) is 4.48. The van der Waals surface area contributed by atoms with Gasteiger partial charge in [0.05, 0.1) is 5.69 Å². The Kier molecular flexibility index (Phi) is 2.89. The normalized spacial score (nSPS) is 15.5. The third kappa shape index (κ3) is 2.04. The zero-order valence-electron chi connectivity index (χ0n) is 10.3. The van der Waals surface area contributed by atoms with Crippen molar-refractivity contribution in [1.29, 1.82) is 0 Å². The number of rotatable bonds is 2. The van der Waals surface area contributed by atoms with E-state index < -0.39 is 0 Å². The number of nitrogens with zero attached hydrogens (tertiary/aromatic N) is 1. The minimum absolute atomic E-state index is 0.324. The van der Waals surface area contributed by atoms with E-state index in [-0.39, 0.29) is 5.91 Å². The Labute approximate surface area is 110 Å². The molecule has 1 amide bonds. The fraction of sp³-hybridized carbons (Fsp3) is 0.143. The summed E-state index contributed by atoms with van der Waals surface area (Å²) in [4.78, 5) is 11.6. The molecule has 0 atom stereocenters. The van der Waals surface area contributed by atoms with Gasteiger partial charge in [0.2, 0.25) is 0 Å². The van der Waals surface area contributed by atoms with Crippen LogP contribution in [-0.2, 0) is 6.42 Å². The van der Waals surface area contributed by atoms with Crippen LogP contribution in [0, 0.1) is 0 Å². The van der Waals surface area contributed by atoms with Gasteiger partial charge in [-0.05, 0) is 30.1 Å². The van der Waals surface area contributed by atoms with Crippen molar-refractivity contribution in [1.82, 2.24) is 15.6 Å². The molecule has 0 aliphatic heterocycles. The minimum Gasteiger partial charge on any atom is -0.289 e. The van der Waals surface area contributed by atoms with Gasteiger partial charge in [-0.2, -0.15) is 5.10 Å². The summed E-state index contributed by atoms with van der Waals surface area (Å²) in [6, 6.07) is 10.1. The second-order valence-electron chi connectivity index (χ2n) is 4.48. The van der Waals surface area contributed by atoms with Crippen LogP contribution < -0.4 is 11.3 Å². The predicted molar refractivity (Wildman–Crippen MR) is 72.9 cm³/mol. The maximum atomic E-state index is 11.6. The number of hydrogen-bond acceptors (Lipinski definition) is 3. The Morgan fingerprint density at radius 2 is 2.11 bits per heavy atom. The standard InChI is InChI=1S/C14H14N4O/c15-16-14(19)13-11-7-6-10(12(11)17-18-13)8-9-4-2-1-3-5-9/h1-5,8H,6-7,15H2,(H,16,19)(H,17,18). The lowest BCUT2D eigenvalue weighted by molar-refractivity contribution is 0.0947. The summed E-state index contributed by atoms with van der Waals surface area (Å²) in [5.74, 6) is 4.83. The Bertz CT molecular complexity index is 643. The number of benzene rings is 1. The first-order valence-corrected chi connectivity index (χ1v) is 6.14. The van der Waals surface area contributed by atoms with E-state index >= 15 is 0 Å². The zero-order valence-corrected chi connectivity index (χ0v) is 10.3. The largest absolute Gasteiger partial charge is 0.289 e. The van der Waals surface area contributed by atoms with Gasteiger partial charge < -0.3 is 0 Å². The number of hydrogen-bond donors (Lipinski definition) is 3. The van der Waals surface area contributed by atoms with Gasteiger partial charge in [-0.15, -0.1) is 0 Å². The van der Waals surface area contributed by atoms with Gasteiger partial charge in [0.25, 0.3) is 5.91 Å². The molecule has 1 aromatic carbocycles. The molecule has 0 radical (unpaired) electrons. The lowest BCUT2D eigenvalue weighted by Gasteiger charge is -1.96. The van der Waals surface area contributed by atoms with Crippen molar-refractivity contribution in [3.8, 4) is 0 Å². The highest BCUT2D eigenvalue weighted by atomic mass is 16.2. The molecule has 0 saturated carbocycles. The second kappa shape index (κ2) is 4.70. The number of H-pyrrole nitrogens is 1. The number of aromatic nitrogens is 2. The number of hydrazine groups is 1. The molecule has 1 heterocycles. The highest BCUT2D eigenvalue weighted by Crippen LogP contribution is 2.33. The molecule has 0 spiro atoms. The Hall–Kier alpha value is -2.40. The van der Waals surface area contributed by atoms with Crippen LogP contribution in [0.25, 0.3) is 11.6 Å². The van der Waals surface area contributed by atoms with Crippen molar-refractivity contribution in [3.63, 3.8) is 0 Å². The Morgan fingerprint density at radius 3 is 2.84 bits per heavy atom. The van der Waals surface area contributed by atoms with E-state index in [0.29, 0.717) is 5.69 Å². The quantitative estimate of drug-likeness (QED) is 0.431. The number of aromatic amines is 1. The maximum absolute atomic E-state index is 11.6. The summed E-state index contributed by atoms with van der Waals surface area (Å²) in [6.45, 7) is 0. The molecule has 1 aromatic heterocycles. The monoisotopic (exact) mass is 254 g/mol. The van der Waals surface area contributed by atoms with E-state index in [9.17, 15) is 4.79 Å². The summed E-state index contributed by atoms with van der Waals surface area (Å²) in [5, 5.41) is 6.99. The summed E-state index contributed by atoms with van der Waals surface area (Å²) in [7, 11) is 0. The van der Waals surface area contributed by atoms with Crippen molar-refractivity contribution >= 4 is 17.6 Å². The third-order valence-corrected chi connectivity index (χ3v) is 3.31. The third-order valence-electron chi connectivity index (χ3n) is 3.31. The number of allylic oxidation sites excluding steroid dienone is 1. The molecule has 2 aromatic rings. The lowest BCUT2D eigenvalue weighted by Crippen LogP contribution is -2.31. The SMILES string of the molecule is NNC(=O)c1[nH]nc2c1CCC2=Cc1ccccc1. The van der Waals surface area contributed by atoms with Crippen LogP contribution in [0.3, 0.4) is 0 Å². The fourth-order valence-corrected chi connectivity index (χ4v) is 2.40. The smallest absolute Gasteiger partial charge is 0.283 e. The highest BCUT2D eigenvalue weighted by molar-refractivity contribution is 5.96. The Balaban J connectivity index is 1.97. The molecule has 0 saturated heterocycles. The fourth-order valence-electron chi connectivity index (χ4n) is 2.40. The topological polar surface area (TPSA) is 83.8 Å². The predicted octanol–water partition coefficient (Wildman–Crippen LogP) is 1.50. The number of nitrogens with two attached hydrogens (primary N) is 1. The van der Waals surface area contributed by atoms with Crippen LogP contribution in [0.4, 0.5) is 0 Å². The van der Waals surface area contributed by atoms with E-state index in [4.69, 9.17) is 5.84 Å². The summed E-state index contributed by atoms with van der Waals surface area (Å²) in [6.07, 6.45) is 3.82. The maximum Gasteiger partial charge on any atom is 0.283 e. The summed E-state index contributed by atoms with van der Waals surface area (Å²) in [5.41, 5.74) is 6.71. The lowest BCUT2D eigenvalue weighted by atomic mass is 10.1. The molecular formula is C14H14N4O. The van der Waals surface area contributed by atoms with Crippen molar-refractivity contribution in [2.75, 3.05) is 0 Å². The molecule has 5 nitrogen and oxygen atoms in total. The average Bonchev–Trinajstić information content (AvgIpc) is 3.02. The summed E-state index contributed by atoms with van der Waals surface area (Å²) >= 11 is 0.